The number of hydrogen-bond donors (Lipinski definition) is 3. The zero-order valence-corrected chi connectivity index (χ0v) is 21.1. The van der Waals surface area contributed by atoms with E-state index in [4.69, 9.17) is 9.47 Å². The zero-order chi connectivity index (χ0) is 25.6. The van der Waals surface area contributed by atoms with Gasteiger partial charge in [-0.3, -0.25) is 9.59 Å². The Balaban J connectivity index is 1.45. The fourth-order valence-electron chi connectivity index (χ4n) is 4.63. The van der Waals surface area contributed by atoms with E-state index in [2.05, 4.69) is 30.8 Å². The van der Waals surface area contributed by atoms with Gasteiger partial charge in [0, 0.05) is 57.6 Å². The lowest BCUT2D eigenvalue weighted by atomic mass is 10.1. The monoisotopic (exact) mass is 507 g/mol. The molecule has 1 aromatic carbocycles. The van der Waals surface area contributed by atoms with Crippen LogP contribution in [0.2, 0.25) is 0 Å². The van der Waals surface area contributed by atoms with Crippen LogP contribution in [0.5, 0.6) is 5.75 Å². The fourth-order valence-corrected chi connectivity index (χ4v) is 4.63. The van der Waals surface area contributed by atoms with Gasteiger partial charge in [0.05, 0.1) is 36.6 Å². The molecule has 196 valence electrons. The number of anilines is 4. The normalized spacial score (nSPS) is 20.6. The molecule has 11 heteroatoms. The Labute approximate surface area is 216 Å². The lowest BCUT2D eigenvalue weighted by Crippen LogP contribution is -2.36. The summed E-state index contributed by atoms with van der Waals surface area (Å²) in [5, 5.41) is 9.34. The third-order valence-corrected chi connectivity index (χ3v) is 6.75. The summed E-state index contributed by atoms with van der Waals surface area (Å²) < 4.78 is 11.8. The molecule has 2 aromatic rings. The summed E-state index contributed by atoms with van der Waals surface area (Å²) >= 11 is 0. The van der Waals surface area contributed by atoms with E-state index in [0.717, 1.165) is 49.5 Å². The SMILES string of the molecule is CN1CCNc2ncnc3c2/C(=C/Nc2ccc(N4CCOCC4)c(c2)OCCCCCC1=O)C(=O)N3. The second kappa shape index (κ2) is 11.5. The fraction of sp³-hybridized carbons (Fsp3) is 0.462. The zero-order valence-electron chi connectivity index (χ0n) is 21.1. The van der Waals surface area contributed by atoms with Crippen molar-refractivity contribution >= 4 is 40.4 Å². The van der Waals surface area contributed by atoms with Crippen LogP contribution in [0.4, 0.5) is 23.0 Å². The van der Waals surface area contributed by atoms with E-state index in [1.807, 2.05) is 18.2 Å². The molecule has 0 aliphatic carbocycles. The van der Waals surface area contributed by atoms with Crippen molar-refractivity contribution in [2.24, 2.45) is 0 Å². The first-order valence-corrected chi connectivity index (χ1v) is 12.8. The van der Waals surface area contributed by atoms with Gasteiger partial charge >= 0.3 is 0 Å². The van der Waals surface area contributed by atoms with Crippen molar-refractivity contribution < 1.29 is 19.1 Å². The number of nitrogens with zero attached hydrogens (tertiary/aromatic N) is 4. The van der Waals surface area contributed by atoms with Gasteiger partial charge in [0.1, 0.15) is 23.7 Å². The molecule has 11 nitrogen and oxygen atoms in total. The molecule has 0 unspecified atom stereocenters. The minimum absolute atomic E-state index is 0.109. The van der Waals surface area contributed by atoms with Crippen LogP contribution < -0.4 is 25.6 Å². The van der Waals surface area contributed by atoms with E-state index < -0.39 is 0 Å². The third-order valence-electron chi connectivity index (χ3n) is 6.75. The molecule has 0 spiro atoms. The van der Waals surface area contributed by atoms with Gasteiger partial charge in [-0.25, -0.2) is 9.97 Å². The summed E-state index contributed by atoms with van der Waals surface area (Å²) in [6.07, 6.45) is 6.18. The summed E-state index contributed by atoms with van der Waals surface area (Å²) in [5.74, 6) is 1.63. The van der Waals surface area contributed by atoms with Crippen LogP contribution in [0.15, 0.2) is 30.7 Å². The van der Waals surface area contributed by atoms with E-state index >= 15 is 0 Å². The summed E-state index contributed by atoms with van der Waals surface area (Å²) in [6, 6.07) is 5.98. The predicted molar refractivity (Wildman–Crippen MR) is 142 cm³/mol. The van der Waals surface area contributed by atoms with Crippen molar-refractivity contribution in [3.63, 3.8) is 0 Å². The first-order chi connectivity index (χ1) is 18.1. The van der Waals surface area contributed by atoms with Gasteiger partial charge in [-0.1, -0.05) is 0 Å². The van der Waals surface area contributed by atoms with Crippen molar-refractivity contribution in [3.05, 3.63) is 36.3 Å². The minimum atomic E-state index is -0.259. The molecule has 1 aromatic heterocycles. The lowest BCUT2D eigenvalue weighted by Gasteiger charge is -2.30. The molecule has 2 amide bonds. The summed E-state index contributed by atoms with van der Waals surface area (Å²) in [5.41, 5.74) is 2.86. The second-order valence-electron chi connectivity index (χ2n) is 9.29. The topological polar surface area (TPSA) is 121 Å². The molecule has 3 N–H and O–H groups in total. The average Bonchev–Trinajstić information content (AvgIpc) is 3.24. The van der Waals surface area contributed by atoms with Gasteiger partial charge in [0.25, 0.3) is 5.91 Å². The first-order valence-electron chi connectivity index (χ1n) is 12.8. The highest BCUT2D eigenvalue weighted by Gasteiger charge is 2.29. The maximum atomic E-state index is 12.8. The second-order valence-corrected chi connectivity index (χ2v) is 9.29. The van der Waals surface area contributed by atoms with Gasteiger partial charge in [0.2, 0.25) is 5.91 Å². The molecule has 5 rings (SSSR count). The van der Waals surface area contributed by atoms with Gasteiger partial charge in [-0.2, -0.15) is 0 Å². The lowest BCUT2D eigenvalue weighted by molar-refractivity contribution is -0.129. The molecule has 2 bridgehead atoms. The van der Waals surface area contributed by atoms with Crippen molar-refractivity contribution in [2.75, 3.05) is 73.9 Å². The van der Waals surface area contributed by atoms with Crippen molar-refractivity contribution in [1.29, 1.82) is 0 Å². The number of aromatic nitrogens is 2. The number of hydrogen-bond acceptors (Lipinski definition) is 9. The highest BCUT2D eigenvalue weighted by molar-refractivity contribution is 6.32. The number of morpholine rings is 1. The molecule has 3 aliphatic heterocycles. The summed E-state index contributed by atoms with van der Waals surface area (Å²) in [7, 11) is 1.81. The highest BCUT2D eigenvalue weighted by atomic mass is 16.5. The minimum Gasteiger partial charge on any atom is -0.491 e. The smallest absolute Gasteiger partial charge is 0.259 e. The van der Waals surface area contributed by atoms with E-state index in [-0.39, 0.29) is 11.8 Å². The number of carbonyl (C=O) groups is 2. The number of ether oxygens (including phenoxy) is 2. The van der Waals surface area contributed by atoms with E-state index in [9.17, 15) is 9.59 Å². The number of carbonyl (C=O) groups excluding carboxylic acids is 2. The Morgan fingerprint density at radius 2 is 1.81 bits per heavy atom. The third kappa shape index (κ3) is 5.77. The highest BCUT2D eigenvalue weighted by Crippen LogP contribution is 2.36. The number of likely N-dealkylation sites (N-methyl/N-ethyl adjacent to an activating group) is 1. The predicted octanol–water partition coefficient (Wildman–Crippen LogP) is 2.54. The molecule has 0 atom stereocenters. The Kier molecular flexibility index (Phi) is 7.69. The van der Waals surface area contributed by atoms with Crippen LogP contribution in [0.1, 0.15) is 31.2 Å². The van der Waals surface area contributed by atoms with E-state index in [1.165, 1.54) is 6.33 Å². The van der Waals surface area contributed by atoms with Crippen LogP contribution in [0, 0.1) is 0 Å². The quantitative estimate of drug-likeness (QED) is 0.535. The Morgan fingerprint density at radius 3 is 2.68 bits per heavy atom. The Morgan fingerprint density at radius 1 is 0.973 bits per heavy atom. The standard InChI is InChI=1S/C26H33N7O4/c1-32-9-8-27-24-23-19(26(35)31-25(23)30-17-29-24)16-28-18-6-7-20(33-10-13-36-14-11-33)21(15-18)37-12-4-2-3-5-22(32)34/h6-7,15-17,28H,2-5,8-14H2,1H3,(H2,27,29,30,31,35)/b19-16-. The summed E-state index contributed by atoms with van der Waals surface area (Å²) in [4.78, 5) is 37.9. The van der Waals surface area contributed by atoms with Crippen LogP contribution in [-0.2, 0) is 14.3 Å². The van der Waals surface area contributed by atoms with Gasteiger partial charge in [-0.05, 0) is 31.4 Å². The van der Waals surface area contributed by atoms with Crippen LogP contribution in [0.25, 0.3) is 5.57 Å². The molecule has 0 saturated carbocycles. The molecule has 3 aliphatic rings. The van der Waals surface area contributed by atoms with Crippen LogP contribution >= 0.6 is 0 Å². The van der Waals surface area contributed by atoms with Gasteiger partial charge in [-0.15, -0.1) is 0 Å². The summed E-state index contributed by atoms with van der Waals surface area (Å²) in [6.45, 7) is 4.55. The maximum absolute atomic E-state index is 12.8. The number of rotatable bonds is 1. The first kappa shape index (κ1) is 24.8. The molecule has 4 heterocycles. The number of amides is 2. The Bertz CT molecular complexity index is 1180. The van der Waals surface area contributed by atoms with Crippen molar-refractivity contribution in [3.8, 4) is 5.75 Å². The number of nitrogens with one attached hydrogen (secondary N) is 3. The molecule has 1 fully saturated rings. The van der Waals surface area contributed by atoms with Gasteiger partial charge < -0.3 is 35.2 Å². The van der Waals surface area contributed by atoms with Crippen molar-refractivity contribution in [1.82, 2.24) is 14.9 Å². The number of benzene rings is 1. The molecule has 1 saturated heterocycles. The number of fused-ring (bicyclic) bond motifs is 2. The maximum Gasteiger partial charge on any atom is 0.259 e. The molecular weight excluding hydrogens is 474 g/mol. The van der Waals surface area contributed by atoms with Crippen LogP contribution in [-0.4, -0.2) is 79.7 Å². The Hall–Kier alpha value is -3.86. The van der Waals surface area contributed by atoms with E-state index in [0.29, 0.717) is 62.1 Å². The largest absolute Gasteiger partial charge is 0.491 e. The van der Waals surface area contributed by atoms with Crippen LogP contribution in [0.3, 0.4) is 0 Å². The van der Waals surface area contributed by atoms with Gasteiger partial charge in [0.15, 0.2) is 0 Å². The molecular formula is C26H33N7O4. The average molecular weight is 508 g/mol. The molecule has 37 heavy (non-hydrogen) atoms. The molecule has 0 radical (unpaired) electrons. The van der Waals surface area contributed by atoms with E-state index in [1.54, 1.807) is 18.1 Å². The van der Waals surface area contributed by atoms with Crippen molar-refractivity contribution in [2.45, 2.75) is 25.7 Å².